The van der Waals surface area contributed by atoms with Crippen LogP contribution in [-0.2, 0) is 19.1 Å². The summed E-state index contributed by atoms with van der Waals surface area (Å²) >= 11 is 0. The van der Waals surface area contributed by atoms with Crippen LogP contribution in [-0.4, -0.2) is 52.0 Å². The summed E-state index contributed by atoms with van der Waals surface area (Å²) in [5.74, 6) is 0.208. The standard InChI is InChI=1S/C32H50O6/c1-17(15-19(37-18(2)33)26-28(5,6)38-26)23-24(35)25(36)30(8)21-10-9-20-27(3,4)22(34)11-12-31(20)16-32(21,31)14-13-29(23,30)7/h17,19-23,25-26,34,36H,9-16H2,1-8H3/t17-,19-,20+,21+,22+,23+,25-,26+,29-,30-,31-,32+/m1/s1. The Labute approximate surface area is 228 Å². The van der Waals surface area contributed by atoms with E-state index in [1.807, 2.05) is 13.8 Å². The topological polar surface area (TPSA) is 96.4 Å². The van der Waals surface area contributed by atoms with Crippen molar-refractivity contribution in [1.82, 2.24) is 0 Å². The lowest BCUT2D eigenvalue weighted by atomic mass is 9.41. The van der Waals surface area contributed by atoms with Gasteiger partial charge in [0.15, 0.2) is 5.78 Å². The predicted molar refractivity (Wildman–Crippen MR) is 143 cm³/mol. The highest BCUT2D eigenvalue weighted by molar-refractivity contribution is 5.90. The van der Waals surface area contributed by atoms with Crippen molar-refractivity contribution in [3.63, 3.8) is 0 Å². The van der Waals surface area contributed by atoms with Crippen LogP contribution in [0.15, 0.2) is 0 Å². The second-order valence-corrected chi connectivity index (χ2v) is 16.0. The van der Waals surface area contributed by atoms with Gasteiger partial charge in [-0.1, -0.05) is 34.6 Å². The van der Waals surface area contributed by atoms with Gasteiger partial charge in [0.05, 0.1) is 11.7 Å². The van der Waals surface area contributed by atoms with Crippen LogP contribution >= 0.6 is 0 Å². The van der Waals surface area contributed by atoms with E-state index in [4.69, 9.17) is 9.47 Å². The SMILES string of the molecule is CC(=O)O[C@H](C[C@@H](C)[C@H]1C(=O)[C@@H](O)[C@@]2(C)[C@@H]3CC[C@H]4C(C)(C)[C@@H](O)CC[C@@]45C[C@@]35CC[C@]12C)[C@@H]1OC1(C)C. The Kier molecular flexibility index (Phi) is 5.62. The Hall–Kier alpha value is -0.980. The zero-order valence-electron chi connectivity index (χ0n) is 24.8. The van der Waals surface area contributed by atoms with E-state index >= 15 is 0 Å². The fourth-order valence-corrected chi connectivity index (χ4v) is 11.9. The molecule has 5 aliphatic carbocycles. The Bertz CT molecular complexity index is 1050. The molecule has 6 heteroatoms. The third-order valence-electron chi connectivity index (χ3n) is 14.0. The maximum atomic E-state index is 14.0. The summed E-state index contributed by atoms with van der Waals surface area (Å²) in [7, 11) is 0. The summed E-state index contributed by atoms with van der Waals surface area (Å²) in [4.78, 5) is 26.0. The average molecular weight is 531 g/mol. The Morgan fingerprint density at radius 3 is 2.21 bits per heavy atom. The molecular weight excluding hydrogens is 480 g/mol. The number of ether oxygens (including phenoxy) is 2. The molecule has 6 rings (SSSR count). The van der Waals surface area contributed by atoms with Crippen LogP contribution in [0, 0.1) is 50.7 Å². The summed E-state index contributed by atoms with van der Waals surface area (Å²) in [5, 5.41) is 22.7. The molecule has 2 spiro atoms. The van der Waals surface area contributed by atoms with Crippen molar-refractivity contribution in [3.8, 4) is 0 Å². The van der Waals surface area contributed by atoms with Crippen LogP contribution in [0.5, 0.6) is 0 Å². The molecule has 0 aromatic carbocycles. The van der Waals surface area contributed by atoms with Crippen molar-refractivity contribution < 1.29 is 29.3 Å². The lowest BCUT2D eigenvalue weighted by Gasteiger charge is -2.63. The second kappa shape index (κ2) is 7.85. The van der Waals surface area contributed by atoms with Gasteiger partial charge in [0.2, 0.25) is 0 Å². The number of epoxide rings is 1. The Morgan fingerprint density at radius 1 is 1.00 bits per heavy atom. The van der Waals surface area contributed by atoms with E-state index in [0.29, 0.717) is 18.3 Å². The number of carbonyl (C=O) groups is 2. The van der Waals surface area contributed by atoms with Gasteiger partial charge in [0.1, 0.15) is 18.3 Å². The number of Topliss-reactive ketones (excluding diaryl/α,β-unsaturated/α-hetero) is 1. The first kappa shape index (κ1) is 27.2. The van der Waals surface area contributed by atoms with E-state index < -0.39 is 11.5 Å². The quantitative estimate of drug-likeness (QED) is 0.381. The van der Waals surface area contributed by atoms with Gasteiger partial charge in [-0.2, -0.15) is 0 Å². The molecule has 5 saturated carbocycles. The number of fused-ring (bicyclic) bond motifs is 2. The molecule has 0 aromatic rings. The van der Waals surface area contributed by atoms with E-state index in [0.717, 1.165) is 38.5 Å². The number of aliphatic hydroxyl groups is 2. The first-order valence-corrected chi connectivity index (χ1v) is 15.2. The van der Waals surface area contributed by atoms with Crippen molar-refractivity contribution in [1.29, 1.82) is 0 Å². The summed E-state index contributed by atoms with van der Waals surface area (Å²) in [6.07, 6.45) is 6.12. The largest absolute Gasteiger partial charge is 0.460 e. The highest BCUT2D eigenvalue weighted by Gasteiger charge is 2.84. The van der Waals surface area contributed by atoms with Gasteiger partial charge in [-0.25, -0.2) is 0 Å². The first-order chi connectivity index (χ1) is 17.5. The lowest BCUT2D eigenvalue weighted by molar-refractivity contribution is -0.182. The van der Waals surface area contributed by atoms with Crippen molar-refractivity contribution in [2.75, 3.05) is 0 Å². The molecular formula is C32H50O6. The maximum Gasteiger partial charge on any atom is 0.302 e. The van der Waals surface area contributed by atoms with Crippen molar-refractivity contribution in [2.45, 2.75) is 137 Å². The molecule has 0 unspecified atom stereocenters. The van der Waals surface area contributed by atoms with Crippen LogP contribution in [0.1, 0.15) is 107 Å². The molecule has 6 aliphatic rings. The fraction of sp³-hybridized carbons (Fsp3) is 0.938. The average Bonchev–Trinajstić information content (AvgIpc) is 3.66. The summed E-state index contributed by atoms with van der Waals surface area (Å²) in [6.45, 7) is 16.6. The molecule has 38 heavy (non-hydrogen) atoms. The van der Waals surface area contributed by atoms with E-state index in [2.05, 4.69) is 34.6 Å². The number of hydrogen-bond donors (Lipinski definition) is 2. The molecule has 0 aromatic heterocycles. The molecule has 1 saturated heterocycles. The third-order valence-corrected chi connectivity index (χ3v) is 14.0. The highest BCUT2D eigenvalue weighted by Crippen LogP contribution is 2.88. The second-order valence-electron chi connectivity index (χ2n) is 16.0. The molecule has 2 N–H and O–H groups in total. The zero-order chi connectivity index (χ0) is 27.8. The van der Waals surface area contributed by atoms with Crippen LogP contribution < -0.4 is 0 Å². The number of ketones is 1. The smallest absolute Gasteiger partial charge is 0.302 e. The maximum absolute atomic E-state index is 14.0. The molecule has 6 nitrogen and oxygen atoms in total. The summed E-state index contributed by atoms with van der Waals surface area (Å²) in [6, 6.07) is 0. The lowest BCUT2D eigenvalue weighted by Crippen LogP contribution is -2.59. The van der Waals surface area contributed by atoms with Crippen LogP contribution in [0.2, 0.25) is 0 Å². The normalized spacial score (nSPS) is 53.1. The van der Waals surface area contributed by atoms with Gasteiger partial charge >= 0.3 is 5.97 Å². The molecule has 1 heterocycles. The van der Waals surface area contributed by atoms with Gasteiger partial charge in [-0.3, -0.25) is 9.59 Å². The van der Waals surface area contributed by atoms with Crippen LogP contribution in [0.4, 0.5) is 0 Å². The van der Waals surface area contributed by atoms with Crippen molar-refractivity contribution in [2.24, 2.45) is 50.7 Å². The summed E-state index contributed by atoms with van der Waals surface area (Å²) < 4.78 is 11.6. The van der Waals surface area contributed by atoms with Crippen LogP contribution in [0.3, 0.4) is 0 Å². The first-order valence-electron chi connectivity index (χ1n) is 15.2. The third kappa shape index (κ3) is 3.12. The molecule has 0 amide bonds. The molecule has 214 valence electrons. The van der Waals surface area contributed by atoms with Gasteiger partial charge in [-0.05, 0) is 105 Å². The monoisotopic (exact) mass is 530 g/mol. The van der Waals surface area contributed by atoms with E-state index in [1.165, 1.54) is 13.3 Å². The highest BCUT2D eigenvalue weighted by atomic mass is 16.6. The van der Waals surface area contributed by atoms with Gasteiger partial charge in [0, 0.05) is 18.3 Å². The molecule has 6 fully saturated rings. The molecule has 0 radical (unpaired) electrons. The van der Waals surface area contributed by atoms with Crippen molar-refractivity contribution >= 4 is 11.8 Å². The zero-order valence-corrected chi connectivity index (χ0v) is 24.8. The fourth-order valence-electron chi connectivity index (χ4n) is 11.9. The van der Waals surface area contributed by atoms with E-state index in [1.54, 1.807) is 0 Å². The predicted octanol–water partition coefficient (Wildman–Crippen LogP) is 5.07. The van der Waals surface area contributed by atoms with E-state index in [-0.39, 0.29) is 69.2 Å². The minimum atomic E-state index is -0.959. The number of esters is 1. The number of hydrogen-bond acceptors (Lipinski definition) is 6. The Morgan fingerprint density at radius 2 is 1.61 bits per heavy atom. The van der Waals surface area contributed by atoms with Gasteiger partial charge in [-0.15, -0.1) is 0 Å². The van der Waals surface area contributed by atoms with Gasteiger partial charge < -0.3 is 19.7 Å². The molecule has 0 bridgehead atoms. The minimum Gasteiger partial charge on any atom is -0.460 e. The molecule has 12 atom stereocenters. The van der Waals surface area contributed by atoms with E-state index in [9.17, 15) is 19.8 Å². The summed E-state index contributed by atoms with van der Waals surface area (Å²) in [5.41, 5.74) is -0.741. The van der Waals surface area contributed by atoms with Crippen molar-refractivity contribution in [3.05, 3.63) is 0 Å². The minimum absolute atomic E-state index is 0.00618. The number of carbonyl (C=O) groups excluding carboxylic acids is 2. The number of rotatable bonds is 5. The number of aliphatic hydroxyl groups excluding tert-OH is 2. The van der Waals surface area contributed by atoms with Gasteiger partial charge in [0.25, 0.3) is 0 Å². The molecule has 1 aliphatic heterocycles. The Balaban J connectivity index is 1.31. The van der Waals surface area contributed by atoms with Crippen LogP contribution in [0.25, 0.3) is 0 Å².